The van der Waals surface area contributed by atoms with E-state index in [-0.39, 0.29) is 11.5 Å². The van der Waals surface area contributed by atoms with E-state index >= 15 is 0 Å². The summed E-state index contributed by atoms with van der Waals surface area (Å²) in [4.78, 5) is 0. The monoisotopic (exact) mass is 238 g/mol. The van der Waals surface area contributed by atoms with Gasteiger partial charge in [0.2, 0.25) is 0 Å². The molecule has 1 nitrogen and oxygen atoms in total. The predicted molar refractivity (Wildman–Crippen MR) is 57.6 cm³/mol. The maximum absolute atomic E-state index is 13.0. The fourth-order valence-corrected chi connectivity index (χ4v) is 1.40. The molecule has 0 aliphatic carbocycles. The molecule has 0 aliphatic heterocycles. The fourth-order valence-electron chi connectivity index (χ4n) is 1.40. The first-order valence-corrected chi connectivity index (χ1v) is 4.95. The highest BCUT2D eigenvalue weighted by Crippen LogP contribution is 2.27. The highest BCUT2D eigenvalue weighted by Gasteiger charge is 2.09. The second-order valence-electron chi connectivity index (χ2n) is 3.59. The van der Waals surface area contributed by atoms with Gasteiger partial charge >= 0.3 is 0 Å². The first-order valence-electron chi connectivity index (χ1n) is 4.95. The standard InChI is InChI=1S/C13H9F3O/c1-8-5-11(15)12(16)7-13(8)17-10-4-2-3-9(14)6-10/h2-7H,1H3. The molecule has 0 aromatic heterocycles. The average Bonchev–Trinajstić information content (AvgIpc) is 2.26. The third kappa shape index (κ3) is 2.58. The molecule has 0 unspecified atom stereocenters. The Morgan fingerprint density at radius 2 is 1.65 bits per heavy atom. The lowest BCUT2D eigenvalue weighted by molar-refractivity contribution is 0.454. The fraction of sp³-hybridized carbons (Fsp3) is 0.0769. The number of halogens is 3. The van der Waals surface area contributed by atoms with E-state index in [9.17, 15) is 13.2 Å². The van der Waals surface area contributed by atoms with Gasteiger partial charge in [-0.05, 0) is 30.7 Å². The first-order chi connectivity index (χ1) is 8.06. The van der Waals surface area contributed by atoms with E-state index in [0.717, 1.165) is 12.1 Å². The molecule has 0 bridgehead atoms. The molecule has 0 amide bonds. The van der Waals surface area contributed by atoms with Gasteiger partial charge in [0.25, 0.3) is 0 Å². The summed E-state index contributed by atoms with van der Waals surface area (Å²) in [6, 6.07) is 7.41. The van der Waals surface area contributed by atoms with Crippen molar-refractivity contribution in [3.05, 3.63) is 59.4 Å². The highest BCUT2D eigenvalue weighted by molar-refractivity contribution is 5.38. The van der Waals surface area contributed by atoms with Crippen molar-refractivity contribution in [3.8, 4) is 11.5 Å². The lowest BCUT2D eigenvalue weighted by atomic mass is 10.2. The number of benzene rings is 2. The molecule has 0 spiro atoms. The second kappa shape index (κ2) is 4.49. The minimum absolute atomic E-state index is 0.162. The van der Waals surface area contributed by atoms with Crippen molar-refractivity contribution in [1.29, 1.82) is 0 Å². The first kappa shape index (κ1) is 11.5. The van der Waals surface area contributed by atoms with Gasteiger partial charge in [0.1, 0.15) is 17.3 Å². The number of hydrogen-bond acceptors (Lipinski definition) is 1. The van der Waals surface area contributed by atoms with Gasteiger partial charge in [-0.15, -0.1) is 0 Å². The summed E-state index contributed by atoms with van der Waals surface area (Å²) < 4.78 is 44.1. The summed E-state index contributed by atoms with van der Waals surface area (Å²) in [5.74, 6) is -1.99. The van der Waals surface area contributed by atoms with E-state index in [0.29, 0.717) is 5.56 Å². The largest absolute Gasteiger partial charge is 0.457 e. The molecule has 2 rings (SSSR count). The van der Waals surface area contributed by atoms with Crippen LogP contribution in [0.1, 0.15) is 5.56 Å². The van der Waals surface area contributed by atoms with Gasteiger partial charge in [0, 0.05) is 12.1 Å². The smallest absolute Gasteiger partial charge is 0.162 e. The molecule has 17 heavy (non-hydrogen) atoms. The summed E-state index contributed by atoms with van der Waals surface area (Å²) in [5, 5.41) is 0. The Morgan fingerprint density at radius 3 is 2.35 bits per heavy atom. The van der Waals surface area contributed by atoms with Crippen molar-refractivity contribution < 1.29 is 17.9 Å². The zero-order valence-corrected chi connectivity index (χ0v) is 9.01. The third-order valence-electron chi connectivity index (χ3n) is 2.24. The van der Waals surface area contributed by atoms with E-state index in [1.807, 2.05) is 0 Å². The zero-order valence-electron chi connectivity index (χ0n) is 9.01. The Labute approximate surface area is 96.5 Å². The van der Waals surface area contributed by atoms with Crippen LogP contribution in [0.3, 0.4) is 0 Å². The molecule has 0 atom stereocenters. The van der Waals surface area contributed by atoms with Crippen LogP contribution in [0.15, 0.2) is 36.4 Å². The Kier molecular flexibility index (Phi) is 3.04. The summed E-state index contributed by atoms with van der Waals surface area (Å²) >= 11 is 0. The van der Waals surface area contributed by atoms with Crippen LogP contribution in [-0.4, -0.2) is 0 Å². The van der Waals surface area contributed by atoms with E-state index in [1.165, 1.54) is 24.3 Å². The van der Waals surface area contributed by atoms with E-state index < -0.39 is 17.5 Å². The van der Waals surface area contributed by atoms with Gasteiger partial charge < -0.3 is 4.74 Å². The van der Waals surface area contributed by atoms with Gasteiger partial charge in [-0.25, -0.2) is 13.2 Å². The summed E-state index contributed by atoms with van der Waals surface area (Å²) in [6.07, 6.45) is 0. The van der Waals surface area contributed by atoms with Crippen molar-refractivity contribution in [1.82, 2.24) is 0 Å². The summed E-state index contributed by atoms with van der Waals surface area (Å²) in [6.45, 7) is 1.58. The zero-order chi connectivity index (χ0) is 12.4. The van der Waals surface area contributed by atoms with E-state index in [2.05, 4.69) is 0 Å². The van der Waals surface area contributed by atoms with Crippen molar-refractivity contribution in [2.45, 2.75) is 6.92 Å². The minimum Gasteiger partial charge on any atom is -0.457 e. The SMILES string of the molecule is Cc1cc(F)c(F)cc1Oc1cccc(F)c1. The van der Waals surface area contributed by atoms with Crippen molar-refractivity contribution >= 4 is 0 Å². The molecule has 0 fully saturated rings. The summed E-state index contributed by atoms with van der Waals surface area (Å²) in [5.41, 5.74) is 0.438. The van der Waals surface area contributed by atoms with Crippen LogP contribution >= 0.6 is 0 Å². The molecule has 0 heterocycles. The topological polar surface area (TPSA) is 9.23 Å². The van der Waals surface area contributed by atoms with Crippen LogP contribution in [0.5, 0.6) is 11.5 Å². The number of aryl methyl sites for hydroxylation is 1. The Bertz CT molecular complexity index is 552. The molecule has 0 aliphatic rings. The van der Waals surface area contributed by atoms with E-state index in [4.69, 9.17) is 4.74 Å². The van der Waals surface area contributed by atoms with E-state index in [1.54, 1.807) is 6.92 Å². The molecule has 0 radical (unpaired) electrons. The summed E-state index contributed by atoms with van der Waals surface area (Å²) in [7, 11) is 0. The Morgan fingerprint density at radius 1 is 0.941 bits per heavy atom. The molecule has 0 saturated carbocycles. The van der Waals surface area contributed by atoms with Crippen LogP contribution in [0.2, 0.25) is 0 Å². The average molecular weight is 238 g/mol. The maximum Gasteiger partial charge on any atom is 0.162 e. The number of rotatable bonds is 2. The molecule has 0 N–H and O–H groups in total. The van der Waals surface area contributed by atoms with Crippen molar-refractivity contribution in [2.24, 2.45) is 0 Å². The lowest BCUT2D eigenvalue weighted by Gasteiger charge is -2.09. The van der Waals surface area contributed by atoms with Gasteiger partial charge in [-0.3, -0.25) is 0 Å². The molecule has 0 saturated heterocycles. The van der Waals surface area contributed by atoms with Gasteiger partial charge in [0.15, 0.2) is 11.6 Å². The minimum atomic E-state index is -0.998. The van der Waals surface area contributed by atoms with Gasteiger partial charge in [-0.1, -0.05) is 6.07 Å². The molecule has 2 aromatic carbocycles. The Hall–Kier alpha value is -1.97. The number of ether oxygens (including phenoxy) is 1. The van der Waals surface area contributed by atoms with Crippen LogP contribution in [0.25, 0.3) is 0 Å². The molecular formula is C13H9F3O. The lowest BCUT2D eigenvalue weighted by Crippen LogP contribution is -1.92. The highest BCUT2D eigenvalue weighted by atomic mass is 19.2. The molecule has 88 valence electrons. The quantitative estimate of drug-likeness (QED) is 0.761. The Balaban J connectivity index is 2.33. The second-order valence-corrected chi connectivity index (χ2v) is 3.59. The molecule has 2 aromatic rings. The van der Waals surface area contributed by atoms with Crippen LogP contribution in [0.4, 0.5) is 13.2 Å². The van der Waals surface area contributed by atoms with Crippen LogP contribution in [0, 0.1) is 24.4 Å². The van der Waals surface area contributed by atoms with Crippen molar-refractivity contribution in [3.63, 3.8) is 0 Å². The predicted octanol–water partition coefficient (Wildman–Crippen LogP) is 4.20. The third-order valence-corrected chi connectivity index (χ3v) is 2.24. The molecular weight excluding hydrogens is 229 g/mol. The number of hydrogen-bond donors (Lipinski definition) is 0. The van der Waals surface area contributed by atoms with Crippen LogP contribution < -0.4 is 4.74 Å². The van der Waals surface area contributed by atoms with Crippen LogP contribution in [-0.2, 0) is 0 Å². The molecule has 4 heteroatoms. The van der Waals surface area contributed by atoms with Gasteiger partial charge in [-0.2, -0.15) is 0 Å². The normalized spacial score (nSPS) is 10.4. The van der Waals surface area contributed by atoms with Crippen molar-refractivity contribution in [2.75, 3.05) is 0 Å². The maximum atomic E-state index is 13.0. The van der Waals surface area contributed by atoms with Gasteiger partial charge in [0.05, 0.1) is 0 Å².